The van der Waals surface area contributed by atoms with Crippen LogP contribution in [0.15, 0.2) is 0 Å². The maximum Gasteiger partial charge on any atom is 0.0443 e. The quantitative estimate of drug-likeness (QED) is 0.747. The van der Waals surface area contributed by atoms with E-state index in [1.54, 1.807) is 0 Å². The largest absolute Gasteiger partial charge is 0.396 e. The molecule has 2 aliphatic carbocycles. The summed E-state index contributed by atoms with van der Waals surface area (Å²) in [6, 6.07) is 1.90. The highest BCUT2D eigenvalue weighted by atomic mass is 16.3. The van der Waals surface area contributed by atoms with Crippen LogP contribution in [0, 0.1) is 0 Å². The summed E-state index contributed by atoms with van der Waals surface area (Å²) < 4.78 is 0. The van der Waals surface area contributed by atoms with E-state index < -0.39 is 0 Å². The third kappa shape index (κ3) is 2.96. The normalized spacial score (nSPS) is 31.7. The van der Waals surface area contributed by atoms with Gasteiger partial charge in [0.1, 0.15) is 0 Å². The zero-order valence-corrected chi connectivity index (χ0v) is 10.3. The number of nitrogens with zero attached hydrogens (tertiary/aromatic N) is 1. The van der Waals surface area contributed by atoms with Crippen LogP contribution in [0.25, 0.3) is 0 Å². The van der Waals surface area contributed by atoms with E-state index in [1.807, 2.05) is 0 Å². The Morgan fingerprint density at radius 3 is 2.31 bits per heavy atom. The second-order valence-corrected chi connectivity index (χ2v) is 5.48. The Morgan fingerprint density at radius 1 is 1.06 bits per heavy atom. The molecule has 3 nitrogen and oxygen atoms in total. The van der Waals surface area contributed by atoms with Gasteiger partial charge in [0, 0.05) is 31.3 Å². The topological polar surface area (TPSA) is 49.5 Å². The summed E-state index contributed by atoms with van der Waals surface area (Å²) >= 11 is 0. The molecule has 0 heterocycles. The molecule has 16 heavy (non-hydrogen) atoms. The van der Waals surface area contributed by atoms with Gasteiger partial charge in [-0.1, -0.05) is 12.8 Å². The first-order chi connectivity index (χ1) is 7.81. The fourth-order valence-corrected chi connectivity index (χ4v) is 3.14. The molecule has 0 aromatic carbocycles. The molecular formula is C13H26N2O. The van der Waals surface area contributed by atoms with Crippen molar-refractivity contribution in [2.45, 2.75) is 69.5 Å². The zero-order chi connectivity index (χ0) is 11.4. The van der Waals surface area contributed by atoms with E-state index in [4.69, 9.17) is 10.8 Å². The average molecular weight is 226 g/mol. The van der Waals surface area contributed by atoms with Gasteiger partial charge in [-0.25, -0.2) is 0 Å². The summed E-state index contributed by atoms with van der Waals surface area (Å²) in [6.07, 6.45) is 10.00. The number of aliphatic hydroxyl groups excluding tert-OH is 1. The Bertz CT molecular complexity index is 206. The van der Waals surface area contributed by atoms with Gasteiger partial charge >= 0.3 is 0 Å². The molecule has 0 saturated heterocycles. The zero-order valence-electron chi connectivity index (χ0n) is 10.3. The molecule has 0 aromatic heterocycles. The Hall–Kier alpha value is -0.120. The highest BCUT2D eigenvalue weighted by molar-refractivity contribution is 4.89. The van der Waals surface area contributed by atoms with Crippen molar-refractivity contribution >= 4 is 0 Å². The van der Waals surface area contributed by atoms with E-state index in [-0.39, 0.29) is 0 Å². The van der Waals surface area contributed by atoms with Gasteiger partial charge in [0.2, 0.25) is 0 Å². The lowest BCUT2D eigenvalue weighted by atomic mass is 9.85. The van der Waals surface area contributed by atoms with Crippen molar-refractivity contribution in [1.82, 2.24) is 4.90 Å². The number of hydrogen-bond donors (Lipinski definition) is 2. The van der Waals surface area contributed by atoms with E-state index in [2.05, 4.69) is 4.90 Å². The summed E-state index contributed by atoms with van der Waals surface area (Å²) in [4.78, 5) is 2.65. The maximum atomic E-state index is 8.99. The average Bonchev–Trinajstić information content (AvgIpc) is 2.21. The third-order valence-corrected chi connectivity index (χ3v) is 4.27. The van der Waals surface area contributed by atoms with Crippen molar-refractivity contribution in [2.75, 3.05) is 13.2 Å². The van der Waals surface area contributed by atoms with Crippen LogP contribution in [-0.2, 0) is 0 Å². The molecule has 0 radical (unpaired) electrons. The van der Waals surface area contributed by atoms with Gasteiger partial charge in [0.05, 0.1) is 0 Å². The summed E-state index contributed by atoms with van der Waals surface area (Å²) in [5.74, 6) is 0. The molecule has 0 amide bonds. The Balaban J connectivity index is 1.88. The lowest BCUT2D eigenvalue weighted by Gasteiger charge is -2.45. The van der Waals surface area contributed by atoms with Crippen LogP contribution in [0.2, 0.25) is 0 Å². The first-order valence-electron chi connectivity index (χ1n) is 6.93. The SMILES string of the molecule is NC1CCCC(N(CCCO)C2CCC2)C1. The van der Waals surface area contributed by atoms with Gasteiger partial charge in [0.25, 0.3) is 0 Å². The van der Waals surface area contributed by atoms with Crippen molar-refractivity contribution in [2.24, 2.45) is 5.73 Å². The fraction of sp³-hybridized carbons (Fsp3) is 1.00. The first kappa shape index (κ1) is 12.3. The third-order valence-electron chi connectivity index (χ3n) is 4.27. The van der Waals surface area contributed by atoms with Crippen LogP contribution >= 0.6 is 0 Å². The predicted molar refractivity (Wildman–Crippen MR) is 66.3 cm³/mol. The van der Waals surface area contributed by atoms with E-state index in [9.17, 15) is 0 Å². The van der Waals surface area contributed by atoms with Crippen molar-refractivity contribution in [3.63, 3.8) is 0 Å². The molecule has 94 valence electrons. The smallest absolute Gasteiger partial charge is 0.0443 e. The lowest BCUT2D eigenvalue weighted by molar-refractivity contribution is 0.0502. The van der Waals surface area contributed by atoms with Gasteiger partial charge < -0.3 is 10.8 Å². The van der Waals surface area contributed by atoms with Gasteiger partial charge in [-0.2, -0.15) is 0 Å². The molecule has 0 aliphatic heterocycles. The van der Waals surface area contributed by atoms with Crippen molar-refractivity contribution < 1.29 is 5.11 Å². The van der Waals surface area contributed by atoms with Crippen LogP contribution < -0.4 is 5.73 Å². The van der Waals surface area contributed by atoms with Gasteiger partial charge in [-0.15, -0.1) is 0 Å². The second kappa shape index (κ2) is 5.99. The molecule has 3 N–H and O–H groups in total. The molecule has 2 aliphatic rings. The molecule has 2 atom stereocenters. The number of rotatable bonds is 5. The molecule has 0 bridgehead atoms. The van der Waals surface area contributed by atoms with Crippen molar-refractivity contribution in [3.05, 3.63) is 0 Å². The molecule has 2 saturated carbocycles. The van der Waals surface area contributed by atoms with Crippen LogP contribution in [0.3, 0.4) is 0 Å². The molecule has 0 aromatic rings. The minimum Gasteiger partial charge on any atom is -0.396 e. The molecule has 0 spiro atoms. The van der Waals surface area contributed by atoms with Crippen LogP contribution in [0.4, 0.5) is 0 Å². The second-order valence-electron chi connectivity index (χ2n) is 5.48. The highest BCUT2D eigenvalue weighted by Gasteiger charge is 2.32. The van der Waals surface area contributed by atoms with Gasteiger partial charge in [0.15, 0.2) is 0 Å². The van der Waals surface area contributed by atoms with Crippen molar-refractivity contribution in [1.29, 1.82) is 0 Å². The standard InChI is InChI=1S/C13H26N2O/c14-11-4-1-7-13(10-11)15(8-3-9-16)12-5-2-6-12/h11-13,16H,1-10,14H2. The van der Waals surface area contributed by atoms with E-state index >= 15 is 0 Å². The van der Waals surface area contributed by atoms with E-state index in [0.29, 0.717) is 18.7 Å². The summed E-state index contributed by atoms with van der Waals surface area (Å²) in [6.45, 7) is 1.39. The minimum absolute atomic E-state index is 0.321. The van der Waals surface area contributed by atoms with Gasteiger partial charge in [-0.05, 0) is 38.5 Å². The monoisotopic (exact) mass is 226 g/mol. The number of hydrogen-bond acceptors (Lipinski definition) is 3. The lowest BCUT2D eigenvalue weighted by Crippen LogP contribution is -2.50. The van der Waals surface area contributed by atoms with E-state index in [1.165, 1.54) is 44.9 Å². The fourth-order valence-electron chi connectivity index (χ4n) is 3.14. The van der Waals surface area contributed by atoms with E-state index in [0.717, 1.165) is 19.0 Å². The summed E-state index contributed by atoms with van der Waals surface area (Å²) in [5.41, 5.74) is 6.08. The maximum absolute atomic E-state index is 8.99. The van der Waals surface area contributed by atoms with Crippen molar-refractivity contribution in [3.8, 4) is 0 Å². The van der Waals surface area contributed by atoms with Crippen LogP contribution in [0.1, 0.15) is 51.4 Å². The Kier molecular flexibility index (Phi) is 4.62. The summed E-state index contributed by atoms with van der Waals surface area (Å²) in [7, 11) is 0. The molecule has 2 unspecified atom stereocenters. The van der Waals surface area contributed by atoms with Crippen LogP contribution in [0.5, 0.6) is 0 Å². The Morgan fingerprint density at radius 2 is 1.75 bits per heavy atom. The minimum atomic E-state index is 0.321. The summed E-state index contributed by atoms with van der Waals surface area (Å²) in [5, 5.41) is 8.99. The predicted octanol–water partition coefficient (Wildman–Crippen LogP) is 1.49. The Labute approximate surface area is 99.0 Å². The number of aliphatic hydroxyl groups is 1. The molecule has 3 heteroatoms. The molecule has 2 fully saturated rings. The molecular weight excluding hydrogens is 200 g/mol. The van der Waals surface area contributed by atoms with Gasteiger partial charge in [-0.3, -0.25) is 4.90 Å². The number of nitrogens with two attached hydrogens (primary N) is 1. The molecule has 2 rings (SSSR count). The van der Waals surface area contributed by atoms with Crippen LogP contribution in [-0.4, -0.2) is 41.3 Å². The first-order valence-corrected chi connectivity index (χ1v) is 6.93. The highest BCUT2D eigenvalue weighted by Crippen LogP contribution is 2.31.